The minimum Gasteiger partial charge on any atom is -0.398 e. The van der Waals surface area contributed by atoms with E-state index in [9.17, 15) is 4.79 Å². The maximum Gasteiger partial charge on any atom is 0.320 e. The molecule has 0 fully saturated rings. The zero-order valence-electron chi connectivity index (χ0n) is 11.5. The number of hydrogen-bond donors (Lipinski definition) is 1. The molecular formula is C14H23N3O. The van der Waals surface area contributed by atoms with E-state index in [0.29, 0.717) is 13.1 Å². The van der Waals surface area contributed by atoms with Gasteiger partial charge in [0.15, 0.2) is 0 Å². The van der Waals surface area contributed by atoms with Gasteiger partial charge in [-0.3, -0.25) is 0 Å². The van der Waals surface area contributed by atoms with Gasteiger partial charge in [0.05, 0.1) is 0 Å². The first-order valence-electron chi connectivity index (χ1n) is 6.51. The van der Waals surface area contributed by atoms with E-state index >= 15 is 0 Å². The summed E-state index contributed by atoms with van der Waals surface area (Å²) in [6.07, 6.45) is 0. The number of nitrogens with zero attached hydrogens (tertiary/aromatic N) is 2. The van der Waals surface area contributed by atoms with Crippen molar-refractivity contribution in [2.75, 3.05) is 25.4 Å². The molecule has 4 heteroatoms. The van der Waals surface area contributed by atoms with Gasteiger partial charge in [-0.1, -0.05) is 18.2 Å². The number of carbonyl (C=O) groups is 1. The molecule has 4 nitrogen and oxygen atoms in total. The number of nitrogen functional groups attached to an aromatic ring is 1. The normalized spacial score (nSPS) is 10.2. The first-order valence-corrected chi connectivity index (χ1v) is 6.51. The van der Waals surface area contributed by atoms with E-state index in [1.807, 2.05) is 54.8 Å². The lowest BCUT2D eigenvalue weighted by atomic mass is 10.1. The molecule has 0 saturated carbocycles. The Kier molecular flexibility index (Phi) is 5.49. The summed E-state index contributed by atoms with van der Waals surface area (Å²) in [7, 11) is 0. The van der Waals surface area contributed by atoms with E-state index < -0.39 is 0 Å². The molecule has 18 heavy (non-hydrogen) atoms. The van der Waals surface area contributed by atoms with Gasteiger partial charge in [0, 0.05) is 31.9 Å². The molecule has 2 amide bonds. The molecule has 1 rings (SSSR count). The highest BCUT2D eigenvalue weighted by Gasteiger charge is 2.17. The molecule has 0 bridgehead atoms. The average Bonchev–Trinajstić information content (AvgIpc) is 2.39. The van der Waals surface area contributed by atoms with Crippen molar-refractivity contribution in [2.45, 2.75) is 27.3 Å². The molecule has 1 aromatic rings. The minimum atomic E-state index is 0.0748. The molecular weight excluding hydrogens is 226 g/mol. The highest BCUT2D eigenvalue weighted by atomic mass is 16.2. The number of hydrogen-bond acceptors (Lipinski definition) is 2. The van der Waals surface area contributed by atoms with Crippen LogP contribution in [0.4, 0.5) is 10.5 Å². The third-order valence-electron chi connectivity index (χ3n) is 3.10. The fraction of sp³-hybridized carbons (Fsp3) is 0.500. The number of rotatable bonds is 5. The van der Waals surface area contributed by atoms with Crippen molar-refractivity contribution < 1.29 is 4.79 Å². The predicted molar refractivity (Wildman–Crippen MR) is 75.3 cm³/mol. The lowest BCUT2D eigenvalue weighted by Gasteiger charge is -2.28. The number of anilines is 1. The third kappa shape index (κ3) is 3.39. The van der Waals surface area contributed by atoms with Gasteiger partial charge in [-0.25, -0.2) is 4.79 Å². The van der Waals surface area contributed by atoms with Crippen LogP contribution in [0.25, 0.3) is 0 Å². The van der Waals surface area contributed by atoms with Crippen LogP contribution in [0.2, 0.25) is 0 Å². The Bertz CT molecular complexity index is 388. The summed E-state index contributed by atoms with van der Waals surface area (Å²) < 4.78 is 0. The summed E-state index contributed by atoms with van der Waals surface area (Å²) in [5.74, 6) is 0. The first-order chi connectivity index (χ1) is 8.63. The van der Waals surface area contributed by atoms with E-state index in [2.05, 4.69) is 0 Å². The van der Waals surface area contributed by atoms with Crippen LogP contribution in [-0.2, 0) is 6.54 Å². The fourth-order valence-corrected chi connectivity index (χ4v) is 1.89. The highest BCUT2D eigenvalue weighted by molar-refractivity contribution is 5.74. The van der Waals surface area contributed by atoms with E-state index in [0.717, 1.165) is 24.3 Å². The maximum atomic E-state index is 12.3. The Labute approximate surface area is 109 Å². The maximum absolute atomic E-state index is 12.3. The molecule has 0 unspecified atom stereocenters. The Morgan fingerprint density at radius 1 is 1.06 bits per heavy atom. The summed E-state index contributed by atoms with van der Waals surface area (Å²) >= 11 is 0. The summed E-state index contributed by atoms with van der Waals surface area (Å²) in [6.45, 7) is 8.69. The van der Waals surface area contributed by atoms with Crippen LogP contribution in [0.3, 0.4) is 0 Å². The largest absolute Gasteiger partial charge is 0.398 e. The second-order valence-electron chi connectivity index (χ2n) is 4.17. The molecule has 0 atom stereocenters. The Morgan fingerprint density at radius 3 is 2.11 bits per heavy atom. The zero-order chi connectivity index (χ0) is 13.5. The molecule has 0 spiro atoms. The first kappa shape index (κ1) is 14.4. The summed E-state index contributed by atoms with van der Waals surface area (Å²) in [4.78, 5) is 15.9. The minimum absolute atomic E-state index is 0.0748. The van der Waals surface area contributed by atoms with Gasteiger partial charge in [-0.2, -0.15) is 0 Å². The molecule has 0 radical (unpaired) electrons. The van der Waals surface area contributed by atoms with Gasteiger partial charge < -0.3 is 15.5 Å². The zero-order valence-corrected chi connectivity index (χ0v) is 11.5. The molecule has 0 aromatic heterocycles. The molecule has 2 N–H and O–H groups in total. The van der Waals surface area contributed by atoms with Crippen LogP contribution < -0.4 is 5.73 Å². The van der Waals surface area contributed by atoms with Crippen LogP contribution in [-0.4, -0.2) is 35.5 Å². The topological polar surface area (TPSA) is 49.6 Å². The van der Waals surface area contributed by atoms with Crippen molar-refractivity contribution >= 4 is 11.7 Å². The number of carbonyl (C=O) groups excluding carboxylic acids is 1. The smallest absolute Gasteiger partial charge is 0.320 e. The second-order valence-corrected chi connectivity index (χ2v) is 4.17. The van der Waals surface area contributed by atoms with E-state index in [-0.39, 0.29) is 6.03 Å². The van der Waals surface area contributed by atoms with Gasteiger partial charge in [0.25, 0.3) is 0 Å². The number of benzene rings is 1. The van der Waals surface area contributed by atoms with E-state index in [1.54, 1.807) is 0 Å². The van der Waals surface area contributed by atoms with E-state index in [4.69, 9.17) is 5.73 Å². The van der Waals surface area contributed by atoms with Crippen LogP contribution >= 0.6 is 0 Å². The molecule has 0 aliphatic heterocycles. The van der Waals surface area contributed by atoms with Crippen molar-refractivity contribution in [3.8, 4) is 0 Å². The van der Waals surface area contributed by atoms with Crippen LogP contribution in [0, 0.1) is 0 Å². The highest BCUT2D eigenvalue weighted by Crippen LogP contribution is 2.14. The number of nitrogens with two attached hydrogens (primary N) is 1. The Morgan fingerprint density at radius 2 is 1.61 bits per heavy atom. The summed E-state index contributed by atoms with van der Waals surface area (Å²) in [5.41, 5.74) is 7.65. The number of amides is 2. The van der Waals surface area contributed by atoms with E-state index in [1.165, 1.54) is 0 Å². The molecule has 0 aliphatic carbocycles. The standard InChI is InChI=1S/C14H23N3O/c1-4-16(5-2)14(18)17(6-3)11-12-9-7-8-10-13(12)15/h7-10H,4-6,11,15H2,1-3H3. The van der Waals surface area contributed by atoms with Gasteiger partial charge in [0.2, 0.25) is 0 Å². The average molecular weight is 249 g/mol. The summed E-state index contributed by atoms with van der Waals surface area (Å²) in [5, 5.41) is 0. The van der Waals surface area contributed by atoms with Crippen LogP contribution in [0.15, 0.2) is 24.3 Å². The number of para-hydroxylation sites is 1. The van der Waals surface area contributed by atoms with Crippen molar-refractivity contribution in [1.29, 1.82) is 0 Å². The lowest BCUT2D eigenvalue weighted by Crippen LogP contribution is -2.42. The second kappa shape index (κ2) is 6.89. The van der Waals surface area contributed by atoms with Crippen molar-refractivity contribution in [3.05, 3.63) is 29.8 Å². The third-order valence-corrected chi connectivity index (χ3v) is 3.10. The molecule has 0 heterocycles. The summed E-state index contributed by atoms with van der Waals surface area (Å²) in [6, 6.07) is 7.76. The van der Waals surface area contributed by atoms with Crippen LogP contribution in [0.1, 0.15) is 26.3 Å². The number of urea groups is 1. The predicted octanol–water partition coefficient (Wildman–Crippen LogP) is 2.55. The van der Waals surface area contributed by atoms with Crippen molar-refractivity contribution in [3.63, 3.8) is 0 Å². The van der Waals surface area contributed by atoms with Gasteiger partial charge in [-0.05, 0) is 32.4 Å². The quantitative estimate of drug-likeness (QED) is 0.815. The van der Waals surface area contributed by atoms with Gasteiger partial charge >= 0.3 is 6.03 Å². The van der Waals surface area contributed by atoms with Crippen molar-refractivity contribution in [2.24, 2.45) is 0 Å². The lowest BCUT2D eigenvalue weighted by molar-refractivity contribution is 0.157. The SMILES string of the molecule is CCN(CC)C(=O)N(CC)Cc1ccccc1N. The fourth-order valence-electron chi connectivity index (χ4n) is 1.89. The molecule has 0 saturated heterocycles. The van der Waals surface area contributed by atoms with Gasteiger partial charge in [0.1, 0.15) is 0 Å². The molecule has 1 aromatic carbocycles. The monoisotopic (exact) mass is 249 g/mol. The molecule has 100 valence electrons. The Balaban J connectivity index is 2.79. The Hall–Kier alpha value is -1.71. The van der Waals surface area contributed by atoms with Crippen molar-refractivity contribution in [1.82, 2.24) is 9.80 Å². The van der Waals surface area contributed by atoms with Gasteiger partial charge in [-0.15, -0.1) is 0 Å². The van der Waals surface area contributed by atoms with Crippen LogP contribution in [0.5, 0.6) is 0 Å². The molecule has 0 aliphatic rings.